The molecule has 0 bridgehead atoms. The zero-order chi connectivity index (χ0) is 12.4. The van der Waals surface area contributed by atoms with Crippen LogP contribution in [-0.2, 0) is 5.75 Å². The fourth-order valence-corrected chi connectivity index (χ4v) is 2.80. The van der Waals surface area contributed by atoms with Crippen molar-refractivity contribution in [1.82, 2.24) is 9.97 Å². The predicted molar refractivity (Wildman–Crippen MR) is 75.5 cm³/mol. The minimum Gasteiger partial charge on any atom is -0.430 e. The van der Waals surface area contributed by atoms with Gasteiger partial charge in [-0.3, -0.25) is 0 Å². The van der Waals surface area contributed by atoms with Gasteiger partial charge in [0.1, 0.15) is 0 Å². The van der Waals surface area contributed by atoms with Crippen molar-refractivity contribution in [1.29, 1.82) is 0 Å². The summed E-state index contributed by atoms with van der Waals surface area (Å²) in [5, 5.41) is 0.656. The molecule has 0 aliphatic rings. The molecular weight excluding hydrogens is 312 g/mol. The van der Waals surface area contributed by atoms with Crippen molar-refractivity contribution in [3.05, 3.63) is 52.6 Å². The van der Waals surface area contributed by atoms with Gasteiger partial charge in [-0.15, -0.1) is 0 Å². The third kappa shape index (κ3) is 2.57. The zero-order valence-electron chi connectivity index (χ0n) is 9.34. The molecule has 0 radical (unpaired) electrons. The van der Waals surface area contributed by atoms with Gasteiger partial charge in [0.05, 0.1) is 0 Å². The van der Waals surface area contributed by atoms with Crippen LogP contribution in [-0.4, -0.2) is 9.97 Å². The highest BCUT2D eigenvalue weighted by Gasteiger charge is 2.06. The van der Waals surface area contributed by atoms with Crippen LogP contribution in [0.1, 0.15) is 5.56 Å². The lowest BCUT2D eigenvalue weighted by molar-refractivity contribution is 0.489. The molecule has 0 aliphatic carbocycles. The molecule has 3 aromatic rings. The predicted octanol–water partition coefficient (Wildman–Crippen LogP) is 4.28. The van der Waals surface area contributed by atoms with E-state index < -0.39 is 0 Å². The van der Waals surface area contributed by atoms with Gasteiger partial charge in [-0.05, 0) is 29.8 Å². The first kappa shape index (κ1) is 11.7. The number of oxazole rings is 1. The molecule has 5 heteroatoms. The van der Waals surface area contributed by atoms with Crippen LogP contribution in [0.4, 0.5) is 0 Å². The average Bonchev–Trinajstić information content (AvgIpc) is 2.79. The summed E-state index contributed by atoms with van der Waals surface area (Å²) in [5.41, 5.74) is 2.62. The van der Waals surface area contributed by atoms with Gasteiger partial charge >= 0.3 is 0 Å². The maximum absolute atomic E-state index is 5.60. The first-order valence-corrected chi connectivity index (χ1v) is 7.18. The van der Waals surface area contributed by atoms with E-state index in [1.165, 1.54) is 5.56 Å². The van der Waals surface area contributed by atoms with Gasteiger partial charge in [-0.2, -0.15) is 4.98 Å². The van der Waals surface area contributed by atoms with Crippen molar-refractivity contribution in [2.24, 2.45) is 0 Å². The number of halogens is 1. The van der Waals surface area contributed by atoms with Crippen molar-refractivity contribution >= 4 is 38.9 Å². The summed E-state index contributed by atoms with van der Waals surface area (Å²) in [5.74, 6) is 0.826. The summed E-state index contributed by atoms with van der Waals surface area (Å²) >= 11 is 5.03. The van der Waals surface area contributed by atoms with E-state index in [9.17, 15) is 0 Å². The lowest BCUT2D eigenvalue weighted by Crippen LogP contribution is -1.80. The second-order valence-electron chi connectivity index (χ2n) is 3.72. The number of aromatic nitrogens is 2. The zero-order valence-corrected chi connectivity index (χ0v) is 11.7. The Labute approximate surface area is 117 Å². The number of fused-ring (bicyclic) bond motifs is 1. The van der Waals surface area contributed by atoms with Crippen LogP contribution in [0.3, 0.4) is 0 Å². The fraction of sp³-hybridized carbons (Fsp3) is 0.0769. The minimum atomic E-state index is 0.656. The van der Waals surface area contributed by atoms with Crippen molar-refractivity contribution in [3.63, 3.8) is 0 Å². The molecule has 2 heterocycles. The third-order valence-corrected chi connectivity index (χ3v) is 3.79. The van der Waals surface area contributed by atoms with E-state index in [-0.39, 0.29) is 0 Å². The molecule has 18 heavy (non-hydrogen) atoms. The smallest absolute Gasteiger partial charge is 0.258 e. The van der Waals surface area contributed by atoms with E-state index in [0.29, 0.717) is 10.9 Å². The van der Waals surface area contributed by atoms with Crippen LogP contribution < -0.4 is 0 Å². The molecule has 0 atom stereocenters. The van der Waals surface area contributed by atoms with Crippen molar-refractivity contribution in [2.45, 2.75) is 11.0 Å². The first-order valence-electron chi connectivity index (χ1n) is 5.40. The molecule has 90 valence electrons. The van der Waals surface area contributed by atoms with Crippen molar-refractivity contribution in [2.75, 3.05) is 0 Å². The van der Waals surface area contributed by atoms with Gasteiger partial charge in [0.2, 0.25) is 0 Å². The van der Waals surface area contributed by atoms with E-state index in [1.807, 2.05) is 24.3 Å². The van der Waals surface area contributed by atoms with Crippen LogP contribution in [0.5, 0.6) is 0 Å². The highest BCUT2D eigenvalue weighted by atomic mass is 79.9. The summed E-state index contributed by atoms with van der Waals surface area (Å²) in [6.45, 7) is 0. The maximum atomic E-state index is 5.60. The standard InChI is InChI=1S/C13H9BrN2OS/c14-10-4-1-3-9(7-10)8-18-13-16-12-11(17-13)5-2-6-15-12/h1-7H,8H2. The summed E-state index contributed by atoms with van der Waals surface area (Å²) in [6, 6.07) is 11.9. The Morgan fingerprint density at radius 2 is 2.17 bits per heavy atom. The normalized spacial score (nSPS) is 10.9. The quantitative estimate of drug-likeness (QED) is 0.675. The molecule has 3 rings (SSSR count). The van der Waals surface area contributed by atoms with Gasteiger partial charge in [0, 0.05) is 16.4 Å². The van der Waals surface area contributed by atoms with Gasteiger partial charge in [-0.25, -0.2) is 4.98 Å². The van der Waals surface area contributed by atoms with Crippen LogP contribution in [0.2, 0.25) is 0 Å². The molecule has 2 aromatic heterocycles. The molecule has 0 amide bonds. The Bertz CT molecular complexity index is 650. The summed E-state index contributed by atoms with van der Waals surface area (Å²) in [6.07, 6.45) is 1.72. The Morgan fingerprint density at radius 1 is 1.22 bits per heavy atom. The maximum Gasteiger partial charge on any atom is 0.258 e. The van der Waals surface area contributed by atoms with Crippen LogP contribution in [0.25, 0.3) is 11.2 Å². The van der Waals surface area contributed by atoms with E-state index >= 15 is 0 Å². The third-order valence-electron chi connectivity index (χ3n) is 2.40. The molecule has 0 N–H and O–H groups in total. The number of hydrogen-bond acceptors (Lipinski definition) is 4. The molecule has 0 aliphatic heterocycles. The lowest BCUT2D eigenvalue weighted by atomic mass is 10.2. The van der Waals surface area contributed by atoms with E-state index in [1.54, 1.807) is 18.0 Å². The molecule has 0 unspecified atom stereocenters. The number of rotatable bonds is 3. The summed E-state index contributed by atoms with van der Waals surface area (Å²) in [7, 11) is 0. The van der Waals surface area contributed by atoms with Gasteiger partial charge in [0.15, 0.2) is 11.2 Å². The molecule has 0 spiro atoms. The van der Waals surface area contributed by atoms with Crippen LogP contribution in [0, 0.1) is 0 Å². The van der Waals surface area contributed by atoms with Gasteiger partial charge in [0.25, 0.3) is 5.22 Å². The second kappa shape index (κ2) is 5.12. The largest absolute Gasteiger partial charge is 0.430 e. The molecule has 0 fully saturated rings. The lowest BCUT2D eigenvalue weighted by Gasteiger charge is -1.98. The highest BCUT2D eigenvalue weighted by molar-refractivity contribution is 9.10. The fourth-order valence-electron chi connectivity index (χ4n) is 1.58. The topological polar surface area (TPSA) is 38.9 Å². The monoisotopic (exact) mass is 320 g/mol. The second-order valence-corrected chi connectivity index (χ2v) is 5.57. The minimum absolute atomic E-state index is 0.656. The number of thioether (sulfide) groups is 1. The number of nitrogens with zero attached hydrogens (tertiary/aromatic N) is 2. The molecule has 0 saturated carbocycles. The van der Waals surface area contributed by atoms with E-state index in [4.69, 9.17) is 4.42 Å². The highest BCUT2D eigenvalue weighted by Crippen LogP contribution is 2.26. The summed E-state index contributed by atoms with van der Waals surface area (Å²) in [4.78, 5) is 8.47. The molecule has 3 nitrogen and oxygen atoms in total. The van der Waals surface area contributed by atoms with Crippen molar-refractivity contribution < 1.29 is 4.42 Å². The number of pyridine rings is 1. The molecule has 0 saturated heterocycles. The Balaban J connectivity index is 1.76. The number of hydrogen-bond donors (Lipinski definition) is 0. The van der Waals surface area contributed by atoms with Crippen molar-refractivity contribution in [3.8, 4) is 0 Å². The van der Waals surface area contributed by atoms with E-state index in [2.05, 4.69) is 38.0 Å². The summed E-state index contributed by atoms with van der Waals surface area (Å²) < 4.78 is 6.68. The Hall–Kier alpha value is -1.33. The molecular formula is C13H9BrN2OS. The Kier molecular flexibility index (Phi) is 3.34. The van der Waals surface area contributed by atoms with Crippen LogP contribution in [0.15, 0.2) is 56.7 Å². The van der Waals surface area contributed by atoms with Gasteiger partial charge in [-0.1, -0.05) is 39.8 Å². The first-order chi connectivity index (χ1) is 8.81. The van der Waals surface area contributed by atoms with E-state index in [0.717, 1.165) is 15.8 Å². The number of benzene rings is 1. The average molecular weight is 321 g/mol. The van der Waals surface area contributed by atoms with Gasteiger partial charge < -0.3 is 4.42 Å². The Morgan fingerprint density at radius 3 is 3.00 bits per heavy atom. The van der Waals surface area contributed by atoms with Crippen LogP contribution >= 0.6 is 27.7 Å². The molecule has 1 aromatic carbocycles. The SMILES string of the molecule is Brc1cccc(CSc2nc3ncccc3o2)c1.